The van der Waals surface area contributed by atoms with Crippen molar-refractivity contribution in [2.45, 2.75) is 31.6 Å². The highest BCUT2D eigenvalue weighted by atomic mass is 32.2. The van der Waals surface area contributed by atoms with Crippen molar-refractivity contribution < 1.29 is 19.0 Å². The smallest absolute Gasteiger partial charge is 0.226 e. The lowest BCUT2D eigenvalue weighted by Crippen LogP contribution is -2.03. The van der Waals surface area contributed by atoms with Crippen LogP contribution >= 0.6 is 11.8 Å². The van der Waals surface area contributed by atoms with Gasteiger partial charge in [0.2, 0.25) is 5.89 Å². The highest BCUT2D eigenvalue weighted by Crippen LogP contribution is 2.36. The van der Waals surface area contributed by atoms with Crippen LogP contribution in [0.25, 0.3) is 22.6 Å². The Hall–Kier alpha value is -4.22. The topological polar surface area (TPSA) is 153 Å². The molecule has 0 saturated heterocycles. The number of nitrogens with zero attached hydrogens (tertiary/aromatic N) is 4. The Balaban J connectivity index is 0.000000773. The molecule has 0 atom stereocenters. The number of hydrogen-bond donors (Lipinski definition) is 3. The van der Waals surface area contributed by atoms with E-state index in [0.29, 0.717) is 33.5 Å². The lowest BCUT2D eigenvalue weighted by molar-refractivity contribution is 0.186. The van der Waals surface area contributed by atoms with Gasteiger partial charge in [0.05, 0.1) is 24.5 Å². The number of aliphatic hydroxyl groups is 2. The zero-order valence-electron chi connectivity index (χ0n) is 21.3. The van der Waals surface area contributed by atoms with E-state index in [9.17, 15) is 14.9 Å². The van der Waals surface area contributed by atoms with Crippen molar-refractivity contribution in [3.8, 4) is 34.7 Å². The number of nitriles is 2. The number of pyridine rings is 1. The molecule has 0 aliphatic heterocycles. The molecular weight excluding hydrogens is 505 g/mol. The Bertz CT molecular complexity index is 1410. The van der Waals surface area contributed by atoms with Gasteiger partial charge in [0, 0.05) is 16.9 Å². The second-order valence-corrected chi connectivity index (χ2v) is 8.37. The number of nitrogen functional groups attached to an aromatic ring is 1. The molecule has 2 aromatic carbocycles. The predicted molar refractivity (Wildman–Crippen MR) is 145 cm³/mol. The molecule has 4 aromatic rings. The van der Waals surface area contributed by atoms with E-state index in [1.807, 2.05) is 45.0 Å². The maximum absolute atomic E-state index is 13.1. The third kappa shape index (κ3) is 7.64. The molecule has 4 rings (SSSR count). The van der Waals surface area contributed by atoms with E-state index in [2.05, 4.69) is 22.1 Å². The number of oxazole rings is 1. The Morgan fingerprint density at radius 1 is 0.921 bits per heavy atom. The van der Waals surface area contributed by atoms with Crippen LogP contribution in [0.5, 0.6) is 0 Å². The lowest BCUT2D eigenvalue weighted by Gasteiger charge is -2.12. The summed E-state index contributed by atoms with van der Waals surface area (Å²) in [5.41, 5.74) is 10.1. The Morgan fingerprint density at radius 2 is 1.50 bits per heavy atom. The van der Waals surface area contributed by atoms with Crippen LogP contribution < -0.4 is 5.73 Å². The van der Waals surface area contributed by atoms with Gasteiger partial charge in [-0.25, -0.2) is 14.4 Å². The standard InChI is InChI=1S/C24H16FN5OS.C2H6O2.C2H6/c1-14-2-4-15(5-3-14)21-19(10-26)22(28)30-24(20(21)11-27)32-13-18-12-31-23(29-18)16-6-8-17(25)9-7-16;3-1-2-4;1-2/h2-9,12H,13H2,1H3,(H2,28,30);3-4H,1-2H2;1-2H3. The van der Waals surface area contributed by atoms with Gasteiger partial charge >= 0.3 is 0 Å². The van der Waals surface area contributed by atoms with Crippen LogP contribution in [0.3, 0.4) is 0 Å². The molecule has 10 heteroatoms. The first-order valence-electron chi connectivity index (χ1n) is 11.7. The number of nitrogens with two attached hydrogens (primary N) is 1. The number of aryl methyl sites for hydroxylation is 1. The van der Waals surface area contributed by atoms with Crippen molar-refractivity contribution in [2.24, 2.45) is 0 Å². The summed E-state index contributed by atoms with van der Waals surface area (Å²) in [7, 11) is 0. The number of thioether (sulfide) groups is 1. The summed E-state index contributed by atoms with van der Waals surface area (Å²) >= 11 is 1.28. The average molecular weight is 534 g/mol. The molecule has 0 unspecified atom stereocenters. The Kier molecular flexibility index (Phi) is 11.9. The van der Waals surface area contributed by atoms with Crippen molar-refractivity contribution in [1.82, 2.24) is 9.97 Å². The molecule has 2 heterocycles. The SMILES string of the molecule is CC.Cc1ccc(-c2c(C#N)c(N)nc(SCc3coc(-c4ccc(F)cc4)n3)c2C#N)cc1.OCCO. The van der Waals surface area contributed by atoms with E-state index in [0.717, 1.165) is 11.1 Å². The molecule has 0 aliphatic rings. The Labute approximate surface area is 225 Å². The summed E-state index contributed by atoms with van der Waals surface area (Å²) in [4.78, 5) is 8.73. The van der Waals surface area contributed by atoms with E-state index in [4.69, 9.17) is 20.4 Å². The van der Waals surface area contributed by atoms with Crippen molar-refractivity contribution >= 4 is 17.6 Å². The molecule has 4 N–H and O–H groups in total. The number of aliphatic hydroxyl groups excluding tert-OH is 2. The van der Waals surface area contributed by atoms with Crippen molar-refractivity contribution in [3.63, 3.8) is 0 Å². The number of benzene rings is 2. The van der Waals surface area contributed by atoms with Crippen LogP contribution in [0.15, 0.2) is 64.2 Å². The van der Waals surface area contributed by atoms with Gasteiger partial charge in [-0.05, 0) is 36.8 Å². The maximum Gasteiger partial charge on any atom is 0.226 e. The van der Waals surface area contributed by atoms with E-state index < -0.39 is 0 Å². The minimum atomic E-state index is -0.339. The van der Waals surface area contributed by atoms with Gasteiger partial charge in [0.1, 0.15) is 40.6 Å². The van der Waals surface area contributed by atoms with Gasteiger partial charge in [-0.3, -0.25) is 0 Å². The van der Waals surface area contributed by atoms with E-state index in [-0.39, 0.29) is 36.0 Å². The van der Waals surface area contributed by atoms with E-state index >= 15 is 0 Å². The molecule has 2 aromatic heterocycles. The van der Waals surface area contributed by atoms with Gasteiger partial charge in [-0.15, -0.1) is 0 Å². The van der Waals surface area contributed by atoms with E-state index in [1.54, 1.807) is 12.1 Å². The van der Waals surface area contributed by atoms with Gasteiger partial charge in [-0.2, -0.15) is 10.5 Å². The third-order valence-electron chi connectivity index (χ3n) is 4.86. The molecule has 0 spiro atoms. The fraction of sp³-hybridized carbons (Fsp3) is 0.214. The average Bonchev–Trinajstić information content (AvgIpc) is 3.42. The first kappa shape index (κ1) is 30.0. The molecule has 196 valence electrons. The van der Waals surface area contributed by atoms with Crippen LogP contribution in [0.4, 0.5) is 10.2 Å². The molecule has 0 aliphatic carbocycles. The molecule has 0 fully saturated rings. The lowest BCUT2D eigenvalue weighted by atomic mass is 9.96. The van der Waals surface area contributed by atoms with Gasteiger partial charge in [0.25, 0.3) is 0 Å². The van der Waals surface area contributed by atoms with Gasteiger partial charge < -0.3 is 20.4 Å². The second kappa shape index (κ2) is 15.1. The quantitative estimate of drug-likeness (QED) is 0.274. The summed E-state index contributed by atoms with van der Waals surface area (Å²) in [5, 5.41) is 35.2. The van der Waals surface area contributed by atoms with Crippen LogP contribution in [-0.4, -0.2) is 33.4 Å². The third-order valence-corrected chi connectivity index (χ3v) is 5.86. The van der Waals surface area contributed by atoms with Crippen LogP contribution in [0.2, 0.25) is 0 Å². The van der Waals surface area contributed by atoms with Crippen LogP contribution in [0, 0.1) is 35.4 Å². The predicted octanol–water partition coefficient (Wildman–Crippen LogP) is 5.47. The number of hydrogen-bond acceptors (Lipinski definition) is 9. The largest absolute Gasteiger partial charge is 0.444 e. The fourth-order valence-electron chi connectivity index (χ4n) is 3.15. The minimum Gasteiger partial charge on any atom is -0.444 e. The fourth-order valence-corrected chi connectivity index (χ4v) is 4.02. The van der Waals surface area contributed by atoms with Crippen LogP contribution in [-0.2, 0) is 5.75 Å². The first-order valence-corrected chi connectivity index (χ1v) is 12.7. The van der Waals surface area contributed by atoms with Crippen molar-refractivity contribution in [3.05, 3.63) is 83.0 Å². The first-order chi connectivity index (χ1) is 18.4. The highest BCUT2D eigenvalue weighted by molar-refractivity contribution is 7.98. The minimum absolute atomic E-state index is 0.0664. The normalized spacial score (nSPS) is 9.79. The summed E-state index contributed by atoms with van der Waals surface area (Å²) < 4.78 is 18.6. The summed E-state index contributed by atoms with van der Waals surface area (Å²) in [6.45, 7) is 5.71. The Morgan fingerprint density at radius 3 is 2.05 bits per heavy atom. The molecule has 0 amide bonds. The molecular formula is C28H28FN5O3S. The molecule has 38 heavy (non-hydrogen) atoms. The van der Waals surface area contributed by atoms with Gasteiger partial charge in [-0.1, -0.05) is 55.4 Å². The highest BCUT2D eigenvalue weighted by Gasteiger charge is 2.21. The second-order valence-electron chi connectivity index (χ2n) is 7.40. The van der Waals surface area contributed by atoms with Crippen molar-refractivity contribution in [2.75, 3.05) is 18.9 Å². The number of rotatable bonds is 6. The molecule has 0 radical (unpaired) electrons. The summed E-state index contributed by atoms with van der Waals surface area (Å²) in [6.07, 6.45) is 1.51. The van der Waals surface area contributed by atoms with Crippen molar-refractivity contribution in [1.29, 1.82) is 10.5 Å². The van der Waals surface area contributed by atoms with E-state index in [1.165, 1.54) is 30.2 Å². The molecule has 0 bridgehead atoms. The monoisotopic (exact) mass is 533 g/mol. The summed E-state index contributed by atoms with van der Waals surface area (Å²) in [6, 6.07) is 17.6. The zero-order valence-corrected chi connectivity index (χ0v) is 22.1. The number of anilines is 1. The molecule has 8 nitrogen and oxygen atoms in total. The zero-order chi connectivity index (χ0) is 28.1. The number of aromatic nitrogens is 2. The van der Waals surface area contributed by atoms with Gasteiger partial charge in [0.15, 0.2) is 0 Å². The van der Waals surface area contributed by atoms with Crippen LogP contribution in [0.1, 0.15) is 36.2 Å². The maximum atomic E-state index is 13.1. The number of halogens is 1. The summed E-state index contributed by atoms with van der Waals surface area (Å²) in [5.74, 6) is 0.463. The molecule has 0 saturated carbocycles.